The number of benzene rings is 1. The van der Waals surface area contributed by atoms with Gasteiger partial charge in [-0.2, -0.15) is 16.4 Å². The van der Waals surface area contributed by atoms with E-state index in [0.29, 0.717) is 6.54 Å². The van der Waals surface area contributed by atoms with E-state index in [2.05, 4.69) is 15.7 Å². The van der Waals surface area contributed by atoms with E-state index in [1.807, 2.05) is 29.1 Å². The minimum absolute atomic E-state index is 0.270. The summed E-state index contributed by atoms with van der Waals surface area (Å²) < 4.78 is 28.6. The summed E-state index contributed by atoms with van der Waals surface area (Å²) in [5.41, 5.74) is 1.43. The van der Waals surface area contributed by atoms with Crippen molar-refractivity contribution in [2.75, 3.05) is 11.9 Å². The third kappa shape index (κ3) is 3.77. The van der Waals surface area contributed by atoms with Crippen LogP contribution in [-0.2, 0) is 6.54 Å². The molecule has 0 spiro atoms. The van der Waals surface area contributed by atoms with Crippen LogP contribution in [0.5, 0.6) is 0 Å². The van der Waals surface area contributed by atoms with Crippen LogP contribution in [0.3, 0.4) is 0 Å². The summed E-state index contributed by atoms with van der Waals surface area (Å²) in [5, 5.41) is 13.1. The van der Waals surface area contributed by atoms with E-state index in [1.54, 1.807) is 16.0 Å². The van der Waals surface area contributed by atoms with Gasteiger partial charge in [0.1, 0.15) is 17.3 Å². The normalized spacial score (nSPS) is 10.6. The Balaban J connectivity index is 1.50. The first-order valence-corrected chi connectivity index (χ1v) is 8.12. The fourth-order valence-corrected chi connectivity index (χ4v) is 2.76. The zero-order valence-corrected chi connectivity index (χ0v) is 13.3. The number of rotatable bonds is 5. The number of halogens is 2. The van der Waals surface area contributed by atoms with Gasteiger partial charge in [-0.05, 0) is 29.6 Å². The molecule has 2 amide bonds. The Morgan fingerprint density at radius 1 is 1.21 bits per heavy atom. The minimum Gasteiger partial charge on any atom is -0.336 e. The third-order valence-electron chi connectivity index (χ3n) is 3.29. The molecule has 0 fully saturated rings. The standard InChI is InChI=1S/C16H14F2N4OS/c17-12-2-1-3-13(18)15(12)20-16(23)19-6-8-22-7-4-14(21-22)11-5-9-24-10-11/h1-5,7,9-10H,6,8H2,(H2,19,20,23). The van der Waals surface area contributed by atoms with Crippen molar-refractivity contribution in [3.63, 3.8) is 0 Å². The largest absolute Gasteiger partial charge is 0.336 e. The number of amides is 2. The molecule has 0 aliphatic heterocycles. The molecule has 1 aromatic carbocycles. The van der Waals surface area contributed by atoms with Crippen molar-refractivity contribution < 1.29 is 13.6 Å². The lowest BCUT2D eigenvalue weighted by Crippen LogP contribution is -2.32. The van der Waals surface area contributed by atoms with Gasteiger partial charge in [0.25, 0.3) is 0 Å². The molecule has 0 saturated carbocycles. The second-order valence-corrected chi connectivity index (χ2v) is 5.73. The summed E-state index contributed by atoms with van der Waals surface area (Å²) >= 11 is 1.59. The predicted molar refractivity (Wildman–Crippen MR) is 88.9 cm³/mol. The van der Waals surface area contributed by atoms with Crippen LogP contribution in [0.25, 0.3) is 11.3 Å². The van der Waals surface area contributed by atoms with Crippen molar-refractivity contribution >= 4 is 23.1 Å². The van der Waals surface area contributed by atoms with E-state index in [-0.39, 0.29) is 6.54 Å². The van der Waals surface area contributed by atoms with Gasteiger partial charge in [0.2, 0.25) is 0 Å². The Kier molecular flexibility index (Phi) is 4.85. The third-order valence-corrected chi connectivity index (χ3v) is 3.97. The molecule has 2 N–H and O–H groups in total. The summed E-state index contributed by atoms with van der Waals surface area (Å²) in [5.74, 6) is -1.64. The fourth-order valence-electron chi connectivity index (χ4n) is 2.11. The van der Waals surface area contributed by atoms with Crippen LogP contribution in [-0.4, -0.2) is 22.4 Å². The summed E-state index contributed by atoms with van der Waals surface area (Å²) in [6.07, 6.45) is 1.81. The van der Waals surface area contributed by atoms with Crippen LogP contribution in [0.1, 0.15) is 0 Å². The van der Waals surface area contributed by atoms with Crippen molar-refractivity contribution in [3.05, 3.63) is 58.9 Å². The van der Waals surface area contributed by atoms with Crippen molar-refractivity contribution in [2.24, 2.45) is 0 Å². The zero-order valence-electron chi connectivity index (χ0n) is 12.5. The second-order valence-electron chi connectivity index (χ2n) is 4.95. The smallest absolute Gasteiger partial charge is 0.319 e. The van der Waals surface area contributed by atoms with Crippen molar-refractivity contribution in [3.8, 4) is 11.3 Å². The molecule has 2 heterocycles. The first kappa shape index (κ1) is 16.1. The molecule has 0 atom stereocenters. The number of para-hydroxylation sites is 1. The van der Waals surface area contributed by atoms with Gasteiger partial charge < -0.3 is 10.6 Å². The summed E-state index contributed by atoms with van der Waals surface area (Å²) in [6, 6.07) is 6.58. The highest BCUT2D eigenvalue weighted by Crippen LogP contribution is 2.19. The number of anilines is 1. The van der Waals surface area contributed by atoms with Crippen LogP contribution in [0.2, 0.25) is 0 Å². The van der Waals surface area contributed by atoms with E-state index >= 15 is 0 Å². The number of nitrogens with one attached hydrogen (secondary N) is 2. The van der Waals surface area contributed by atoms with E-state index in [9.17, 15) is 13.6 Å². The quantitative estimate of drug-likeness (QED) is 0.738. The van der Waals surface area contributed by atoms with E-state index in [1.165, 1.54) is 6.07 Å². The maximum atomic E-state index is 13.4. The lowest BCUT2D eigenvalue weighted by atomic mass is 10.2. The Morgan fingerprint density at radius 3 is 2.71 bits per heavy atom. The number of thiophene rings is 1. The summed E-state index contributed by atoms with van der Waals surface area (Å²) in [4.78, 5) is 11.7. The van der Waals surface area contributed by atoms with Crippen LogP contribution >= 0.6 is 11.3 Å². The van der Waals surface area contributed by atoms with Gasteiger partial charge in [-0.15, -0.1) is 0 Å². The molecule has 24 heavy (non-hydrogen) atoms. The summed E-state index contributed by atoms with van der Waals surface area (Å²) in [7, 11) is 0. The number of nitrogens with zero attached hydrogens (tertiary/aromatic N) is 2. The van der Waals surface area contributed by atoms with E-state index in [0.717, 1.165) is 23.4 Å². The van der Waals surface area contributed by atoms with Gasteiger partial charge >= 0.3 is 6.03 Å². The molecule has 3 aromatic rings. The van der Waals surface area contributed by atoms with Gasteiger partial charge in [0, 0.05) is 23.7 Å². The fraction of sp³-hybridized carbons (Fsp3) is 0.125. The Morgan fingerprint density at radius 2 is 2.00 bits per heavy atom. The summed E-state index contributed by atoms with van der Waals surface area (Å²) in [6.45, 7) is 0.712. The molecule has 3 rings (SSSR count). The highest BCUT2D eigenvalue weighted by Gasteiger charge is 2.11. The number of carbonyl (C=O) groups is 1. The lowest BCUT2D eigenvalue weighted by Gasteiger charge is -2.09. The number of hydrogen-bond acceptors (Lipinski definition) is 3. The van der Waals surface area contributed by atoms with Gasteiger partial charge in [-0.25, -0.2) is 13.6 Å². The molecular formula is C16H14F2N4OS. The van der Waals surface area contributed by atoms with Crippen LogP contribution in [0, 0.1) is 11.6 Å². The van der Waals surface area contributed by atoms with Crippen LogP contribution < -0.4 is 10.6 Å². The average molecular weight is 348 g/mol. The lowest BCUT2D eigenvalue weighted by molar-refractivity contribution is 0.251. The van der Waals surface area contributed by atoms with Gasteiger partial charge in [-0.3, -0.25) is 4.68 Å². The van der Waals surface area contributed by atoms with Gasteiger partial charge in [0.05, 0.1) is 12.2 Å². The second kappa shape index (κ2) is 7.22. The Bertz CT molecular complexity index is 812. The van der Waals surface area contributed by atoms with Crippen molar-refractivity contribution in [1.82, 2.24) is 15.1 Å². The maximum absolute atomic E-state index is 13.4. The van der Waals surface area contributed by atoms with Gasteiger partial charge in [-0.1, -0.05) is 6.07 Å². The molecule has 0 saturated heterocycles. The molecule has 8 heteroatoms. The molecule has 0 aliphatic carbocycles. The SMILES string of the molecule is O=C(NCCn1ccc(-c2ccsc2)n1)Nc1c(F)cccc1F. The molecule has 0 aliphatic rings. The zero-order chi connectivity index (χ0) is 16.9. The molecular weight excluding hydrogens is 334 g/mol. The molecule has 2 aromatic heterocycles. The first-order valence-electron chi connectivity index (χ1n) is 7.18. The monoisotopic (exact) mass is 348 g/mol. The molecule has 124 valence electrons. The van der Waals surface area contributed by atoms with Crippen molar-refractivity contribution in [2.45, 2.75) is 6.54 Å². The molecule has 0 bridgehead atoms. The molecule has 0 radical (unpaired) electrons. The topological polar surface area (TPSA) is 59.0 Å². The number of aromatic nitrogens is 2. The number of hydrogen-bond donors (Lipinski definition) is 2. The van der Waals surface area contributed by atoms with Crippen LogP contribution in [0.15, 0.2) is 47.3 Å². The highest BCUT2D eigenvalue weighted by molar-refractivity contribution is 7.08. The average Bonchev–Trinajstić information content (AvgIpc) is 3.22. The Labute approximate surface area is 140 Å². The van der Waals surface area contributed by atoms with Crippen molar-refractivity contribution in [1.29, 1.82) is 0 Å². The number of carbonyl (C=O) groups excluding carboxylic acids is 1. The van der Waals surface area contributed by atoms with Crippen LogP contribution in [0.4, 0.5) is 19.3 Å². The highest BCUT2D eigenvalue weighted by atomic mass is 32.1. The number of urea groups is 1. The molecule has 5 nitrogen and oxygen atoms in total. The van der Waals surface area contributed by atoms with E-state index < -0.39 is 23.4 Å². The Hall–Kier alpha value is -2.74. The minimum atomic E-state index is -0.822. The maximum Gasteiger partial charge on any atom is 0.319 e. The predicted octanol–water partition coefficient (Wildman–Crippen LogP) is 3.71. The molecule has 0 unspecified atom stereocenters. The van der Waals surface area contributed by atoms with E-state index in [4.69, 9.17) is 0 Å². The van der Waals surface area contributed by atoms with Gasteiger partial charge in [0.15, 0.2) is 0 Å². The first-order chi connectivity index (χ1) is 11.6.